The van der Waals surface area contributed by atoms with Crippen LogP contribution in [0.4, 0.5) is 0 Å². The summed E-state index contributed by atoms with van der Waals surface area (Å²) >= 11 is 1.42. The van der Waals surface area contributed by atoms with E-state index in [1.807, 2.05) is 0 Å². The second-order valence-corrected chi connectivity index (χ2v) is 3.81. The molecule has 0 aromatic carbocycles. The molecule has 0 aliphatic carbocycles. The van der Waals surface area contributed by atoms with E-state index in [1.54, 1.807) is 6.33 Å². The largest absolute Gasteiger partial charge is 0.380 e. The molecule has 2 N–H and O–H groups in total. The van der Waals surface area contributed by atoms with E-state index in [9.17, 15) is 0 Å². The van der Waals surface area contributed by atoms with Crippen LogP contribution in [0.25, 0.3) is 0 Å². The van der Waals surface area contributed by atoms with Crippen LogP contribution >= 0.6 is 11.5 Å². The molecule has 0 bridgehead atoms. The highest BCUT2D eigenvalue weighted by atomic mass is 32.1. The van der Waals surface area contributed by atoms with Gasteiger partial charge in [0.05, 0.1) is 12.0 Å². The molecule has 0 amide bonds. The molecule has 4 nitrogen and oxygen atoms in total. The summed E-state index contributed by atoms with van der Waals surface area (Å²) in [6, 6.07) is 0. The molecule has 1 saturated heterocycles. The van der Waals surface area contributed by atoms with Gasteiger partial charge in [0.25, 0.3) is 0 Å². The molecule has 0 saturated carbocycles. The van der Waals surface area contributed by atoms with Crippen LogP contribution in [0, 0.1) is 0 Å². The molecule has 0 spiro atoms. The van der Waals surface area contributed by atoms with Crippen molar-refractivity contribution in [3.8, 4) is 0 Å². The van der Waals surface area contributed by atoms with E-state index in [-0.39, 0.29) is 5.41 Å². The molecule has 1 aromatic rings. The first kappa shape index (κ1) is 8.10. The SMILES string of the molecule is NCC1(c2ncns2)CCOC1. The number of aromatic nitrogens is 2. The molecule has 1 unspecified atom stereocenters. The normalized spacial score (nSPS) is 29.4. The first-order valence-electron chi connectivity index (χ1n) is 3.92. The van der Waals surface area contributed by atoms with Crippen molar-refractivity contribution < 1.29 is 4.74 Å². The van der Waals surface area contributed by atoms with Crippen molar-refractivity contribution in [2.45, 2.75) is 11.8 Å². The zero-order chi connectivity index (χ0) is 8.44. The maximum Gasteiger partial charge on any atom is 0.129 e. The van der Waals surface area contributed by atoms with Crippen molar-refractivity contribution in [3.63, 3.8) is 0 Å². The van der Waals surface area contributed by atoms with E-state index in [1.165, 1.54) is 11.5 Å². The molecule has 1 aliphatic heterocycles. The highest BCUT2D eigenvalue weighted by molar-refractivity contribution is 7.05. The zero-order valence-electron chi connectivity index (χ0n) is 6.69. The van der Waals surface area contributed by atoms with Crippen LogP contribution in [0.15, 0.2) is 6.33 Å². The Hall–Kier alpha value is -0.520. The highest BCUT2D eigenvalue weighted by Crippen LogP contribution is 2.32. The minimum absolute atomic E-state index is 0.0405. The Morgan fingerprint density at radius 1 is 1.75 bits per heavy atom. The lowest BCUT2D eigenvalue weighted by Gasteiger charge is -2.21. The third-order valence-corrected chi connectivity index (χ3v) is 3.22. The molecule has 1 fully saturated rings. The van der Waals surface area contributed by atoms with Gasteiger partial charge in [0, 0.05) is 13.2 Å². The lowest BCUT2D eigenvalue weighted by molar-refractivity contribution is 0.178. The molecule has 1 aromatic heterocycles. The van der Waals surface area contributed by atoms with E-state index in [0.29, 0.717) is 13.2 Å². The average molecular weight is 185 g/mol. The van der Waals surface area contributed by atoms with Gasteiger partial charge in [-0.25, -0.2) is 4.98 Å². The summed E-state index contributed by atoms with van der Waals surface area (Å²) in [5, 5.41) is 1.02. The minimum atomic E-state index is -0.0405. The van der Waals surface area contributed by atoms with Gasteiger partial charge >= 0.3 is 0 Å². The van der Waals surface area contributed by atoms with Gasteiger partial charge in [-0.15, -0.1) is 0 Å². The van der Waals surface area contributed by atoms with E-state index in [2.05, 4.69) is 9.36 Å². The quantitative estimate of drug-likeness (QED) is 0.712. The van der Waals surface area contributed by atoms with Gasteiger partial charge in [0.15, 0.2) is 0 Å². The van der Waals surface area contributed by atoms with Crippen LogP contribution in [-0.2, 0) is 10.2 Å². The van der Waals surface area contributed by atoms with Gasteiger partial charge in [-0.3, -0.25) is 0 Å². The van der Waals surface area contributed by atoms with Crippen LogP contribution in [0.3, 0.4) is 0 Å². The summed E-state index contributed by atoms with van der Waals surface area (Å²) in [5.41, 5.74) is 5.68. The Morgan fingerprint density at radius 2 is 2.67 bits per heavy atom. The van der Waals surface area contributed by atoms with Gasteiger partial charge in [-0.2, -0.15) is 4.37 Å². The third-order valence-electron chi connectivity index (χ3n) is 2.31. The van der Waals surface area contributed by atoms with Crippen molar-refractivity contribution in [1.29, 1.82) is 0 Å². The van der Waals surface area contributed by atoms with E-state index in [4.69, 9.17) is 10.5 Å². The third kappa shape index (κ3) is 1.14. The number of hydrogen-bond acceptors (Lipinski definition) is 5. The number of hydrogen-bond donors (Lipinski definition) is 1. The summed E-state index contributed by atoms with van der Waals surface area (Å²) in [5.74, 6) is 0. The molecule has 2 heterocycles. The maximum absolute atomic E-state index is 5.72. The Morgan fingerprint density at radius 3 is 3.17 bits per heavy atom. The molecule has 1 aliphatic rings. The fourth-order valence-corrected chi connectivity index (χ4v) is 2.16. The summed E-state index contributed by atoms with van der Waals surface area (Å²) in [4.78, 5) is 4.19. The predicted molar refractivity (Wildman–Crippen MR) is 46.1 cm³/mol. The Bertz CT molecular complexity index is 243. The van der Waals surface area contributed by atoms with E-state index >= 15 is 0 Å². The van der Waals surface area contributed by atoms with Gasteiger partial charge in [-0.05, 0) is 18.0 Å². The number of rotatable bonds is 2. The minimum Gasteiger partial charge on any atom is -0.380 e. The second kappa shape index (κ2) is 3.08. The van der Waals surface area contributed by atoms with Crippen molar-refractivity contribution in [1.82, 2.24) is 9.36 Å². The highest BCUT2D eigenvalue weighted by Gasteiger charge is 2.38. The summed E-state index contributed by atoms with van der Waals surface area (Å²) in [7, 11) is 0. The Balaban J connectivity index is 2.28. The number of nitrogens with two attached hydrogens (primary N) is 1. The van der Waals surface area contributed by atoms with Crippen LogP contribution in [-0.4, -0.2) is 29.1 Å². The van der Waals surface area contributed by atoms with Gasteiger partial charge in [0.1, 0.15) is 11.3 Å². The van der Waals surface area contributed by atoms with Crippen LogP contribution in [0.2, 0.25) is 0 Å². The lowest BCUT2D eigenvalue weighted by atomic mass is 9.88. The smallest absolute Gasteiger partial charge is 0.129 e. The first-order chi connectivity index (χ1) is 5.87. The van der Waals surface area contributed by atoms with E-state index < -0.39 is 0 Å². The van der Waals surface area contributed by atoms with Crippen LogP contribution in [0.1, 0.15) is 11.4 Å². The van der Waals surface area contributed by atoms with Crippen molar-refractivity contribution >= 4 is 11.5 Å². The van der Waals surface area contributed by atoms with Crippen molar-refractivity contribution in [2.75, 3.05) is 19.8 Å². The molecule has 12 heavy (non-hydrogen) atoms. The van der Waals surface area contributed by atoms with Gasteiger partial charge < -0.3 is 10.5 Å². The van der Waals surface area contributed by atoms with Gasteiger partial charge in [-0.1, -0.05) is 0 Å². The second-order valence-electron chi connectivity index (χ2n) is 3.03. The fourth-order valence-electron chi connectivity index (χ4n) is 1.43. The Labute approximate surface area is 74.9 Å². The van der Waals surface area contributed by atoms with Crippen molar-refractivity contribution in [2.24, 2.45) is 5.73 Å². The summed E-state index contributed by atoms with van der Waals surface area (Å²) in [6.07, 6.45) is 2.55. The van der Waals surface area contributed by atoms with E-state index in [0.717, 1.165) is 18.0 Å². The van der Waals surface area contributed by atoms with Gasteiger partial charge in [0.2, 0.25) is 0 Å². The monoisotopic (exact) mass is 185 g/mol. The first-order valence-corrected chi connectivity index (χ1v) is 4.70. The zero-order valence-corrected chi connectivity index (χ0v) is 7.51. The predicted octanol–water partition coefficient (Wildman–Crippen LogP) is 0.155. The summed E-state index contributed by atoms with van der Waals surface area (Å²) in [6.45, 7) is 2.08. The molecular formula is C7H11N3OS. The topological polar surface area (TPSA) is 61.0 Å². The fraction of sp³-hybridized carbons (Fsp3) is 0.714. The number of ether oxygens (including phenoxy) is 1. The molecule has 2 rings (SSSR count). The molecule has 1 atom stereocenters. The molecule has 5 heteroatoms. The number of nitrogens with zero attached hydrogens (tertiary/aromatic N) is 2. The summed E-state index contributed by atoms with van der Waals surface area (Å²) < 4.78 is 9.31. The van der Waals surface area contributed by atoms with Crippen LogP contribution in [0.5, 0.6) is 0 Å². The molecule has 66 valence electrons. The molecular weight excluding hydrogens is 174 g/mol. The Kier molecular flexibility index (Phi) is 2.08. The maximum atomic E-state index is 5.72. The average Bonchev–Trinajstić information content (AvgIpc) is 2.76. The standard InChI is InChI=1S/C7H11N3OS/c8-3-7(1-2-11-4-7)6-9-5-10-12-6/h5H,1-4,8H2. The lowest BCUT2D eigenvalue weighted by Crippen LogP contribution is -2.35. The van der Waals surface area contributed by atoms with Crippen LogP contribution < -0.4 is 5.73 Å². The van der Waals surface area contributed by atoms with Crippen molar-refractivity contribution in [3.05, 3.63) is 11.3 Å². The molecule has 0 radical (unpaired) electrons.